The van der Waals surface area contributed by atoms with E-state index in [0.717, 1.165) is 21.3 Å². The van der Waals surface area contributed by atoms with E-state index in [2.05, 4.69) is 21.2 Å². The first-order valence-corrected chi connectivity index (χ1v) is 7.42. The molecule has 2 aromatic rings. The Morgan fingerprint density at radius 2 is 2.05 bits per heavy atom. The van der Waals surface area contributed by atoms with Crippen molar-refractivity contribution < 1.29 is 9.53 Å². The van der Waals surface area contributed by atoms with E-state index < -0.39 is 0 Å². The second-order valence-electron chi connectivity index (χ2n) is 4.59. The van der Waals surface area contributed by atoms with Crippen molar-refractivity contribution in [3.63, 3.8) is 0 Å². The molecule has 0 aliphatic carbocycles. The summed E-state index contributed by atoms with van der Waals surface area (Å²) < 4.78 is 6.23. The maximum Gasteiger partial charge on any atom is 0.256 e. The zero-order valence-corrected chi connectivity index (χ0v) is 13.5. The van der Waals surface area contributed by atoms with E-state index in [0.29, 0.717) is 16.3 Å². The predicted octanol–water partition coefficient (Wildman–Crippen LogP) is 4.60. The largest absolute Gasteiger partial charge is 0.496 e. The molecule has 21 heavy (non-hydrogen) atoms. The van der Waals surface area contributed by atoms with E-state index in [9.17, 15) is 4.79 Å². The molecule has 0 saturated heterocycles. The molecule has 3 rings (SSSR count). The standard InChI is InChI=1S/C16H11BrClNO2/c1-21-15-5-3-11(18)6-9(15)7-13-12-8-10(17)2-4-14(12)19-16(13)20/h2-8H,1H3,(H,19,20)/b13-7+. The van der Waals surface area contributed by atoms with Crippen molar-refractivity contribution in [1.82, 2.24) is 0 Å². The Balaban J connectivity index is 2.15. The van der Waals surface area contributed by atoms with E-state index in [1.165, 1.54) is 0 Å². The summed E-state index contributed by atoms with van der Waals surface area (Å²) in [7, 11) is 1.59. The number of fused-ring (bicyclic) bond motifs is 1. The van der Waals surface area contributed by atoms with E-state index in [1.54, 1.807) is 31.4 Å². The fourth-order valence-electron chi connectivity index (χ4n) is 2.28. The lowest BCUT2D eigenvalue weighted by atomic mass is 10.0. The molecule has 1 amide bonds. The van der Waals surface area contributed by atoms with Gasteiger partial charge in [0.2, 0.25) is 0 Å². The minimum absolute atomic E-state index is 0.134. The first kappa shape index (κ1) is 14.2. The summed E-state index contributed by atoms with van der Waals surface area (Å²) in [4.78, 5) is 12.2. The highest BCUT2D eigenvalue weighted by atomic mass is 79.9. The summed E-state index contributed by atoms with van der Waals surface area (Å²) in [6, 6.07) is 11.0. The molecule has 0 radical (unpaired) electrons. The normalized spacial score (nSPS) is 15.0. The highest BCUT2D eigenvalue weighted by Crippen LogP contribution is 2.36. The van der Waals surface area contributed by atoms with Crippen LogP contribution in [0.5, 0.6) is 5.75 Å². The first-order chi connectivity index (χ1) is 10.1. The molecule has 0 spiro atoms. The second-order valence-corrected chi connectivity index (χ2v) is 5.94. The second kappa shape index (κ2) is 5.54. The Morgan fingerprint density at radius 1 is 1.24 bits per heavy atom. The monoisotopic (exact) mass is 363 g/mol. The van der Waals surface area contributed by atoms with Crippen LogP contribution in [0.3, 0.4) is 0 Å². The maximum atomic E-state index is 12.2. The molecule has 0 saturated carbocycles. The van der Waals surface area contributed by atoms with Crippen molar-refractivity contribution in [1.29, 1.82) is 0 Å². The van der Waals surface area contributed by atoms with Crippen LogP contribution in [0.2, 0.25) is 5.02 Å². The van der Waals surface area contributed by atoms with Crippen molar-refractivity contribution in [3.8, 4) is 5.75 Å². The summed E-state index contributed by atoms with van der Waals surface area (Å²) in [6.45, 7) is 0. The Bertz CT molecular complexity index is 771. The zero-order valence-electron chi connectivity index (χ0n) is 11.1. The van der Waals surface area contributed by atoms with Gasteiger partial charge in [-0.2, -0.15) is 0 Å². The van der Waals surface area contributed by atoms with Crippen LogP contribution in [0.1, 0.15) is 11.1 Å². The van der Waals surface area contributed by atoms with Crippen LogP contribution < -0.4 is 10.1 Å². The molecule has 2 aromatic carbocycles. The van der Waals surface area contributed by atoms with Gasteiger partial charge in [-0.05, 0) is 42.5 Å². The molecule has 0 fully saturated rings. The van der Waals surface area contributed by atoms with Gasteiger partial charge >= 0.3 is 0 Å². The minimum Gasteiger partial charge on any atom is -0.496 e. The van der Waals surface area contributed by atoms with E-state index >= 15 is 0 Å². The van der Waals surface area contributed by atoms with Gasteiger partial charge in [0.1, 0.15) is 5.75 Å². The summed E-state index contributed by atoms with van der Waals surface area (Å²) in [5.41, 5.74) is 3.02. The fourth-order valence-corrected chi connectivity index (χ4v) is 2.82. The van der Waals surface area contributed by atoms with Crippen molar-refractivity contribution in [2.24, 2.45) is 0 Å². The first-order valence-electron chi connectivity index (χ1n) is 6.25. The van der Waals surface area contributed by atoms with Gasteiger partial charge in [0.15, 0.2) is 0 Å². The van der Waals surface area contributed by atoms with Crippen LogP contribution in [0.4, 0.5) is 5.69 Å². The minimum atomic E-state index is -0.134. The van der Waals surface area contributed by atoms with Crippen LogP contribution in [-0.4, -0.2) is 13.0 Å². The molecule has 0 unspecified atom stereocenters. The van der Waals surface area contributed by atoms with Gasteiger partial charge in [-0.3, -0.25) is 4.79 Å². The number of carbonyl (C=O) groups excluding carboxylic acids is 1. The van der Waals surface area contributed by atoms with E-state index in [1.807, 2.05) is 18.2 Å². The number of hydrogen-bond donors (Lipinski definition) is 1. The third-order valence-corrected chi connectivity index (χ3v) is 3.98. The SMILES string of the molecule is COc1ccc(Cl)cc1/C=C1/C(=O)Nc2ccc(Br)cc21. The molecule has 0 atom stereocenters. The molecule has 0 aromatic heterocycles. The van der Waals surface area contributed by atoms with Crippen molar-refractivity contribution in [3.05, 3.63) is 57.0 Å². The molecule has 1 aliphatic rings. The van der Waals surface area contributed by atoms with Gasteiger partial charge in [-0.15, -0.1) is 0 Å². The third kappa shape index (κ3) is 2.69. The predicted molar refractivity (Wildman–Crippen MR) is 88.6 cm³/mol. The number of rotatable bonds is 2. The fraction of sp³-hybridized carbons (Fsp3) is 0.0625. The van der Waals surface area contributed by atoms with Gasteiger partial charge in [-0.1, -0.05) is 27.5 Å². The van der Waals surface area contributed by atoms with Crippen molar-refractivity contribution in [2.45, 2.75) is 0 Å². The number of nitrogens with one attached hydrogen (secondary N) is 1. The number of anilines is 1. The van der Waals surface area contributed by atoms with Crippen molar-refractivity contribution in [2.75, 3.05) is 12.4 Å². The topological polar surface area (TPSA) is 38.3 Å². The lowest BCUT2D eigenvalue weighted by Gasteiger charge is -2.06. The highest BCUT2D eigenvalue weighted by molar-refractivity contribution is 9.10. The van der Waals surface area contributed by atoms with Crippen LogP contribution >= 0.6 is 27.5 Å². The smallest absolute Gasteiger partial charge is 0.256 e. The van der Waals surface area contributed by atoms with Gasteiger partial charge in [0, 0.05) is 31.9 Å². The maximum absolute atomic E-state index is 12.2. The lowest BCUT2D eigenvalue weighted by molar-refractivity contribution is -0.110. The number of carbonyl (C=O) groups is 1. The van der Waals surface area contributed by atoms with Crippen LogP contribution in [-0.2, 0) is 4.79 Å². The average Bonchev–Trinajstić information content (AvgIpc) is 2.75. The Hall–Kier alpha value is -1.78. The molecule has 5 heteroatoms. The molecule has 1 heterocycles. The lowest BCUT2D eigenvalue weighted by Crippen LogP contribution is -2.03. The van der Waals surface area contributed by atoms with E-state index in [-0.39, 0.29) is 5.91 Å². The summed E-state index contributed by atoms with van der Waals surface area (Å²) >= 11 is 9.45. The summed E-state index contributed by atoms with van der Waals surface area (Å²) in [5, 5.41) is 3.44. The van der Waals surface area contributed by atoms with Crippen molar-refractivity contribution >= 4 is 50.8 Å². The molecule has 1 aliphatic heterocycles. The van der Waals surface area contributed by atoms with Crippen LogP contribution in [0, 0.1) is 0 Å². The zero-order chi connectivity index (χ0) is 15.0. The Kier molecular flexibility index (Phi) is 3.74. The molecular weight excluding hydrogens is 354 g/mol. The average molecular weight is 365 g/mol. The molecule has 1 N–H and O–H groups in total. The summed E-state index contributed by atoms with van der Waals surface area (Å²) in [6.07, 6.45) is 1.79. The quantitative estimate of drug-likeness (QED) is 0.791. The molecular formula is C16H11BrClNO2. The molecule has 106 valence electrons. The molecule has 3 nitrogen and oxygen atoms in total. The Morgan fingerprint density at radius 3 is 2.81 bits per heavy atom. The number of hydrogen-bond acceptors (Lipinski definition) is 2. The third-order valence-electron chi connectivity index (χ3n) is 3.26. The van der Waals surface area contributed by atoms with Crippen LogP contribution in [0.25, 0.3) is 11.6 Å². The van der Waals surface area contributed by atoms with Crippen LogP contribution in [0.15, 0.2) is 40.9 Å². The summed E-state index contributed by atoms with van der Waals surface area (Å²) in [5.74, 6) is 0.535. The number of halogens is 2. The number of methoxy groups -OCH3 is 1. The van der Waals surface area contributed by atoms with Gasteiger partial charge in [0.05, 0.1) is 7.11 Å². The molecule has 0 bridgehead atoms. The number of benzene rings is 2. The van der Waals surface area contributed by atoms with Gasteiger partial charge < -0.3 is 10.1 Å². The van der Waals surface area contributed by atoms with Gasteiger partial charge in [0.25, 0.3) is 5.91 Å². The number of amides is 1. The van der Waals surface area contributed by atoms with Gasteiger partial charge in [-0.25, -0.2) is 0 Å². The number of ether oxygens (including phenoxy) is 1. The van der Waals surface area contributed by atoms with E-state index in [4.69, 9.17) is 16.3 Å². The highest BCUT2D eigenvalue weighted by Gasteiger charge is 2.24. The Labute approximate surface area is 135 Å².